The molecule has 1 aromatic carbocycles. The fourth-order valence-electron chi connectivity index (χ4n) is 2.11. The van der Waals surface area contributed by atoms with Crippen molar-refractivity contribution in [2.75, 3.05) is 19.0 Å². The van der Waals surface area contributed by atoms with E-state index in [4.69, 9.17) is 4.74 Å². The number of rotatable bonds is 8. The number of nitrogens with one attached hydrogen (secondary N) is 2. The maximum Gasteiger partial charge on any atom is 0.269 e. The molecule has 8 nitrogen and oxygen atoms in total. The lowest BCUT2D eigenvalue weighted by Crippen LogP contribution is -2.27. The monoisotopic (exact) mass is 412 g/mol. The van der Waals surface area contributed by atoms with E-state index >= 15 is 0 Å². The quantitative estimate of drug-likeness (QED) is 0.509. The number of amides is 1. The topological polar surface area (TPSA) is 110 Å². The fourth-order valence-corrected chi connectivity index (χ4v) is 4.12. The molecular formula is C17H24N4O4S2. The molecule has 0 aliphatic heterocycles. The van der Waals surface area contributed by atoms with E-state index in [9.17, 15) is 13.2 Å². The van der Waals surface area contributed by atoms with Crippen molar-refractivity contribution in [1.29, 1.82) is 0 Å². The van der Waals surface area contributed by atoms with Gasteiger partial charge < -0.3 is 10.1 Å². The first-order valence-corrected chi connectivity index (χ1v) is 10.7. The summed E-state index contributed by atoms with van der Waals surface area (Å²) in [6.07, 6.45) is 1.28. The van der Waals surface area contributed by atoms with Crippen molar-refractivity contribution in [3.8, 4) is 5.75 Å². The molecule has 0 fully saturated rings. The molecule has 0 saturated carbocycles. The highest BCUT2D eigenvalue weighted by atomic mass is 32.2. The molecule has 0 spiro atoms. The maximum absolute atomic E-state index is 12.3. The number of carbonyl (C=O) groups is 1. The summed E-state index contributed by atoms with van der Waals surface area (Å²) in [5.74, 6) is 0.524. The van der Waals surface area contributed by atoms with Crippen LogP contribution in [0.5, 0.6) is 5.75 Å². The van der Waals surface area contributed by atoms with Crippen LogP contribution in [0.15, 0.2) is 28.6 Å². The molecule has 1 aromatic heterocycles. The zero-order valence-electron chi connectivity index (χ0n) is 15.8. The second kappa shape index (κ2) is 8.77. The minimum Gasteiger partial charge on any atom is -0.496 e. The van der Waals surface area contributed by atoms with Gasteiger partial charge in [0.15, 0.2) is 0 Å². The number of sulfonamides is 1. The Balaban J connectivity index is 1.90. The molecule has 0 unspecified atom stereocenters. The van der Waals surface area contributed by atoms with Crippen molar-refractivity contribution in [3.63, 3.8) is 0 Å². The minimum atomic E-state index is -3.77. The van der Waals surface area contributed by atoms with Crippen LogP contribution in [-0.4, -0.2) is 38.2 Å². The molecule has 0 saturated heterocycles. The van der Waals surface area contributed by atoms with Crippen molar-refractivity contribution in [1.82, 2.24) is 14.9 Å². The number of carbonyl (C=O) groups excluding carboxylic acids is 1. The maximum atomic E-state index is 12.3. The number of aromatic nitrogens is 2. The van der Waals surface area contributed by atoms with Crippen molar-refractivity contribution < 1.29 is 17.9 Å². The van der Waals surface area contributed by atoms with Crippen LogP contribution in [0.4, 0.5) is 5.13 Å². The van der Waals surface area contributed by atoms with E-state index in [2.05, 4.69) is 20.2 Å². The SMILES string of the molecule is COc1ccccc1CCCNS(=O)(=O)c1nnc(NC(=O)C(C)(C)C)s1. The number of hydrogen-bond acceptors (Lipinski definition) is 7. The minimum absolute atomic E-state index is 0.157. The van der Waals surface area contributed by atoms with E-state index in [-0.39, 0.29) is 21.9 Å². The number of benzene rings is 1. The van der Waals surface area contributed by atoms with Gasteiger partial charge in [0.1, 0.15) is 5.75 Å². The highest BCUT2D eigenvalue weighted by molar-refractivity contribution is 7.91. The number of aryl methyl sites for hydroxylation is 1. The summed E-state index contributed by atoms with van der Waals surface area (Å²) < 4.78 is 32.3. The number of methoxy groups -OCH3 is 1. The summed E-state index contributed by atoms with van der Waals surface area (Å²) in [6.45, 7) is 5.52. The van der Waals surface area contributed by atoms with Gasteiger partial charge in [0, 0.05) is 12.0 Å². The molecule has 0 aliphatic carbocycles. The van der Waals surface area contributed by atoms with E-state index in [1.54, 1.807) is 27.9 Å². The Morgan fingerprint density at radius 2 is 1.93 bits per heavy atom. The van der Waals surface area contributed by atoms with Gasteiger partial charge in [-0.15, -0.1) is 10.2 Å². The van der Waals surface area contributed by atoms with Gasteiger partial charge in [-0.25, -0.2) is 13.1 Å². The molecule has 2 N–H and O–H groups in total. The number of ether oxygens (including phenoxy) is 1. The van der Waals surface area contributed by atoms with Crippen LogP contribution in [0.3, 0.4) is 0 Å². The summed E-state index contributed by atoms with van der Waals surface area (Å²) >= 11 is 0.820. The first-order valence-electron chi connectivity index (χ1n) is 8.40. The normalized spacial score (nSPS) is 12.0. The smallest absolute Gasteiger partial charge is 0.269 e. The summed E-state index contributed by atoms with van der Waals surface area (Å²) in [5.41, 5.74) is 0.406. The second-order valence-electron chi connectivity index (χ2n) is 6.89. The van der Waals surface area contributed by atoms with Gasteiger partial charge in [0.25, 0.3) is 10.0 Å². The Labute approximate surface area is 163 Å². The average Bonchev–Trinajstić information content (AvgIpc) is 3.07. The lowest BCUT2D eigenvalue weighted by molar-refractivity contribution is -0.123. The molecule has 0 atom stereocenters. The van der Waals surface area contributed by atoms with Crippen LogP contribution in [0, 0.1) is 5.41 Å². The molecule has 1 heterocycles. The fraction of sp³-hybridized carbons (Fsp3) is 0.471. The summed E-state index contributed by atoms with van der Waals surface area (Å²) in [7, 11) is -2.16. The second-order valence-corrected chi connectivity index (χ2v) is 9.81. The third-order valence-electron chi connectivity index (χ3n) is 3.65. The van der Waals surface area contributed by atoms with Gasteiger partial charge in [0.2, 0.25) is 15.4 Å². The van der Waals surface area contributed by atoms with Crippen LogP contribution >= 0.6 is 11.3 Å². The van der Waals surface area contributed by atoms with Crippen molar-refractivity contribution >= 4 is 32.4 Å². The van der Waals surface area contributed by atoms with E-state index < -0.39 is 15.4 Å². The van der Waals surface area contributed by atoms with Crippen LogP contribution < -0.4 is 14.8 Å². The lowest BCUT2D eigenvalue weighted by Gasteiger charge is -2.15. The summed E-state index contributed by atoms with van der Waals surface area (Å²) in [5, 5.41) is 10.1. The Morgan fingerprint density at radius 1 is 1.22 bits per heavy atom. The third-order valence-corrected chi connectivity index (χ3v) is 6.31. The first kappa shape index (κ1) is 21.3. The highest BCUT2D eigenvalue weighted by Gasteiger charge is 2.25. The van der Waals surface area contributed by atoms with E-state index in [1.165, 1.54) is 0 Å². The third kappa shape index (κ3) is 5.98. The van der Waals surface area contributed by atoms with Gasteiger partial charge in [0.05, 0.1) is 7.11 Å². The molecule has 10 heteroatoms. The lowest BCUT2D eigenvalue weighted by atomic mass is 9.96. The van der Waals surface area contributed by atoms with Gasteiger partial charge in [-0.3, -0.25) is 4.79 Å². The van der Waals surface area contributed by atoms with Gasteiger partial charge in [-0.2, -0.15) is 0 Å². The Bertz CT molecular complexity index is 888. The molecule has 2 aromatic rings. The van der Waals surface area contributed by atoms with Gasteiger partial charge in [-0.05, 0) is 24.5 Å². The van der Waals surface area contributed by atoms with Crippen LogP contribution in [0.25, 0.3) is 0 Å². The Kier molecular flexibility index (Phi) is 6.90. The number of para-hydroxylation sites is 1. The summed E-state index contributed by atoms with van der Waals surface area (Å²) in [6, 6.07) is 7.61. The average molecular weight is 413 g/mol. The van der Waals surface area contributed by atoms with E-state index in [1.807, 2.05) is 24.3 Å². The Hall–Kier alpha value is -2.04. The van der Waals surface area contributed by atoms with Crippen molar-refractivity contribution in [2.24, 2.45) is 5.41 Å². The zero-order chi connectivity index (χ0) is 20.1. The molecule has 0 radical (unpaired) electrons. The number of hydrogen-bond donors (Lipinski definition) is 2. The first-order chi connectivity index (χ1) is 12.6. The molecule has 148 valence electrons. The van der Waals surface area contributed by atoms with Crippen LogP contribution in [0.1, 0.15) is 32.8 Å². The van der Waals surface area contributed by atoms with Crippen LogP contribution in [-0.2, 0) is 21.2 Å². The highest BCUT2D eigenvalue weighted by Crippen LogP contribution is 2.23. The van der Waals surface area contributed by atoms with Gasteiger partial charge >= 0.3 is 0 Å². The molecular weight excluding hydrogens is 388 g/mol. The van der Waals surface area contributed by atoms with E-state index in [0.29, 0.717) is 12.8 Å². The molecule has 27 heavy (non-hydrogen) atoms. The summed E-state index contributed by atoms with van der Waals surface area (Å²) in [4.78, 5) is 11.9. The van der Waals surface area contributed by atoms with Gasteiger partial charge in [-0.1, -0.05) is 50.3 Å². The standard InChI is InChI=1S/C17H24N4O4S2/c1-17(2,3)14(22)19-15-20-21-16(26-15)27(23,24)18-11-7-9-12-8-5-6-10-13(12)25-4/h5-6,8,10,18H,7,9,11H2,1-4H3,(H,19,20,22). The zero-order valence-corrected chi connectivity index (χ0v) is 17.4. The molecule has 1 amide bonds. The predicted octanol–water partition coefficient (Wildman–Crippen LogP) is 2.44. The number of anilines is 1. The van der Waals surface area contributed by atoms with Crippen molar-refractivity contribution in [3.05, 3.63) is 29.8 Å². The van der Waals surface area contributed by atoms with Crippen LogP contribution in [0.2, 0.25) is 0 Å². The largest absolute Gasteiger partial charge is 0.496 e. The molecule has 0 bridgehead atoms. The molecule has 2 rings (SSSR count). The number of nitrogens with zero attached hydrogens (tertiary/aromatic N) is 2. The Morgan fingerprint density at radius 3 is 2.59 bits per heavy atom. The predicted molar refractivity (Wildman–Crippen MR) is 104 cm³/mol. The molecule has 0 aliphatic rings. The van der Waals surface area contributed by atoms with E-state index in [0.717, 1.165) is 22.6 Å². The van der Waals surface area contributed by atoms with Crippen molar-refractivity contribution in [2.45, 2.75) is 38.0 Å².